The Bertz CT molecular complexity index is 1190. The van der Waals surface area contributed by atoms with Crippen molar-refractivity contribution < 1.29 is 19.1 Å². The Morgan fingerprint density at radius 3 is 2.50 bits per heavy atom. The molecule has 9 nitrogen and oxygen atoms in total. The molecule has 4 rings (SSSR count). The van der Waals surface area contributed by atoms with Crippen molar-refractivity contribution in [1.82, 2.24) is 19.7 Å². The molecule has 0 radical (unpaired) electrons. The molecule has 1 amide bonds. The van der Waals surface area contributed by atoms with E-state index in [2.05, 4.69) is 10.4 Å². The Balaban J connectivity index is 1.49. The maximum absolute atomic E-state index is 13.0. The molecule has 0 bridgehead atoms. The molecule has 32 heavy (non-hydrogen) atoms. The molecule has 1 N–H and O–H groups in total. The summed E-state index contributed by atoms with van der Waals surface area (Å²) in [6.45, 7) is 1.68. The lowest BCUT2D eigenvalue weighted by atomic mass is 10.2. The molecule has 0 spiro atoms. The first-order valence-corrected chi connectivity index (χ1v) is 10.4. The third-order valence-electron chi connectivity index (χ3n) is 5.13. The largest absolute Gasteiger partial charge is 0.497 e. The first-order chi connectivity index (χ1) is 15.5. The van der Waals surface area contributed by atoms with Crippen LogP contribution in [-0.4, -0.2) is 39.9 Å². The van der Waals surface area contributed by atoms with Crippen LogP contribution >= 0.6 is 0 Å². The van der Waals surface area contributed by atoms with Crippen LogP contribution in [0.5, 0.6) is 11.5 Å². The molecular weight excluding hydrogens is 412 g/mol. The average Bonchev–Trinajstić information content (AvgIpc) is 3.57. The van der Waals surface area contributed by atoms with Crippen LogP contribution in [0.2, 0.25) is 0 Å². The van der Waals surface area contributed by atoms with E-state index in [0.717, 1.165) is 24.2 Å². The second-order valence-corrected chi connectivity index (χ2v) is 7.50. The number of methoxy groups -OCH3 is 1. The molecular formula is C23H24N4O5. The summed E-state index contributed by atoms with van der Waals surface area (Å²) in [5.74, 6) is 0.617. The lowest BCUT2D eigenvalue weighted by Gasteiger charge is -2.09. The van der Waals surface area contributed by atoms with Crippen molar-refractivity contribution in [3.63, 3.8) is 0 Å². The van der Waals surface area contributed by atoms with E-state index in [-0.39, 0.29) is 36.1 Å². The second kappa shape index (κ2) is 9.09. The van der Waals surface area contributed by atoms with Gasteiger partial charge in [-0.1, -0.05) is 12.1 Å². The van der Waals surface area contributed by atoms with Crippen LogP contribution in [0.15, 0.2) is 53.3 Å². The predicted molar refractivity (Wildman–Crippen MR) is 117 cm³/mol. The lowest BCUT2D eigenvalue weighted by Crippen LogP contribution is -2.32. The summed E-state index contributed by atoms with van der Waals surface area (Å²) in [4.78, 5) is 36.8. The van der Waals surface area contributed by atoms with Crippen molar-refractivity contribution in [3.05, 3.63) is 64.6 Å². The number of amides is 1. The Hall–Kier alpha value is -3.88. The number of hydrogen-bond donors (Lipinski definition) is 1. The molecule has 0 atom stereocenters. The minimum Gasteiger partial charge on any atom is -0.497 e. The molecule has 1 aliphatic carbocycles. The zero-order valence-corrected chi connectivity index (χ0v) is 17.9. The van der Waals surface area contributed by atoms with Crippen LogP contribution in [0.25, 0.3) is 11.4 Å². The predicted octanol–water partition coefficient (Wildman–Crippen LogP) is 2.41. The quantitative estimate of drug-likeness (QED) is 0.430. The monoisotopic (exact) mass is 436 g/mol. The highest BCUT2D eigenvalue weighted by atomic mass is 16.5. The third-order valence-corrected chi connectivity index (χ3v) is 5.13. The summed E-state index contributed by atoms with van der Waals surface area (Å²) in [6.07, 6.45) is 1.89. The van der Waals surface area contributed by atoms with Gasteiger partial charge in [-0.25, -0.2) is 9.48 Å². The number of benzene rings is 2. The molecule has 9 heteroatoms. The maximum Gasteiger partial charge on any atom is 0.346 e. The van der Waals surface area contributed by atoms with Crippen LogP contribution in [0.1, 0.15) is 36.2 Å². The van der Waals surface area contributed by atoms with Gasteiger partial charge in [0.25, 0.3) is 5.91 Å². The Labute approximate surface area is 184 Å². The zero-order valence-electron chi connectivity index (χ0n) is 17.9. The van der Waals surface area contributed by atoms with Gasteiger partial charge in [-0.15, -0.1) is 5.10 Å². The van der Waals surface area contributed by atoms with Gasteiger partial charge in [0.1, 0.15) is 11.5 Å². The highest BCUT2D eigenvalue weighted by Crippen LogP contribution is 2.36. The van der Waals surface area contributed by atoms with E-state index < -0.39 is 11.9 Å². The Morgan fingerprint density at radius 1 is 1.12 bits per heavy atom. The minimum atomic E-state index is -0.506. The van der Waals surface area contributed by atoms with E-state index in [9.17, 15) is 14.4 Å². The van der Waals surface area contributed by atoms with E-state index >= 15 is 0 Å². The molecule has 3 aromatic rings. The lowest BCUT2D eigenvalue weighted by molar-refractivity contribution is -0.131. The normalized spacial score (nSPS) is 12.9. The topological polar surface area (TPSA) is 104 Å². The second-order valence-electron chi connectivity index (χ2n) is 7.50. The smallest absolute Gasteiger partial charge is 0.346 e. The van der Waals surface area contributed by atoms with Crippen LogP contribution in [0, 0.1) is 0 Å². The van der Waals surface area contributed by atoms with Gasteiger partial charge >= 0.3 is 11.7 Å². The molecule has 2 aromatic carbocycles. The summed E-state index contributed by atoms with van der Waals surface area (Å²) < 4.78 is 13.4. The first kappa shape index (κ1) is 21.4. The summed E-state index contributed by atoms with van der Waals surface area (Å²) in [5, 5.41) is 7.29. The number of carbonyl (C=O) groups is 2. The molecule has 1 fully saturated rings. The van der Waals surface area contributed by atoms with Crippen LogP contribution in [0.4, 0.5) is 0 Å². The molecule has 0 saturated heterocycles. The molecule has 0 unspecified atom stereocenters. The standard InChI is InChI=1S/C23H24N4O5/c1-15(28)32-20-6-4-3-5-19(20)22(29)24-13-14-26-23(30)27(17-9-10-17)21(25-26)16-7-11-18(31-2)12-8-16/h3-8,11-12,17H,9-10,13-14H2,1-2H3,(H,24,29). The summed E-state index contributed by atoms with van der Waals surface area (Å²) in [7, 11) is 1.60. The zero-order chi connectivity index (χ0) is 22.7. The number of aromatic nitrogens is 3. The minimum absolute atomic E-state index is 0.151. The molecule has 0 aliphatic heterocycles. The van der Waals surface area contributed by atoms with Crippen LogP contribution < -0.4 is 20.5 Å². The van der Waals surface area contributed by atoms with E-state index in [1.165, 1.54) is 11.6 Å². The van der Waals surface area contributed by atoms with Crippen molar-refractivity contribution in [2.45, 2.75) is 32.4 Å². The number of rotatable bonds is 8. The van der Waals surface area contributed by atoms with E-state index in [4.69, 9.17) is 9.47 Å². The number of ether oxygens (including phenoxy) is 2. The molecule has 1 saturated carbocycles. The fourth-order valence-electron chi connectivity index (χ4n) is 3.43. The van der Waals surface area contributed by atoms with Crippen LogP contribution in [0.3, 0.4) is 0 Å². The summed E-state index contributed by atoms with van der Waals surface area (Å²) in [6, 6.07) is 14.1. The van der Waals surface area contributed by atoms with Gasteiger partial charge in [0.15, 0.2) is 5.82 Å². The fourth-order valence-corrected chi connectivity index (χ4v) is 3.43. The first-order valence-electron chi connectivity index (χ1n) is 10.4. The fraction of sp³-hybridized carbons (Fsp3) is 0.304. The van der Waals surface area contributed by atoms with Crippen molar-refractivity contribution >= 4 is 11.9 Å². The highest BCUT2D eigenvalue weighted by molar-refractivity contribution is 5.97. The number of esters is 1. The summed E-state index contributed by atoms with van der Waals surface area (Å²) >= 11 is 0. The van der Waals surface area contributed by atoms with Gasteiger partial charge in [0, 0.05) is 25.1 Å². The van der Waals surface area contributed by atoms with Crippen LogP contribution in [-0.2, 0) is 11.3 Å². The average molecular weight is 436 g/mol. The van der Waals surface area contributed by atoms with Gasteiger partial charge in [0.05, 0.1) is 19.2 Å². The number of hydrogen-bond acceptors (Lipinski definition) is 6. The van der Waals surface area contributed by atoms with E-state index in [0.29, 0.717) is 5.82 Å². The van der Waals surface area contributed by atoms with Gasteiger partial charge in [-0.2, -0.15) is 0 Å². The van der Waals surface area contributed by atoms with Crippen molar-refractivity contribution in [2.24, 2.45) is 0 Å². The molecule has 1 aromatic heterocycles. The van der Waals surface area contributed by atoms with E-state index in [1.54, 1.807) is 35.9 Å². The maximum atomic E-state index is 13.0. The SMILES string of the molecule is COc1ccc(-c2nn(CCNC(=O)c3ccccc3OC(C)=O)c(=O)n2C2CC2)cc1. The van der Waals surface area contributed by atoms with Gasteiger partial charge in [-0.05, 0) is 49.2 Å². The van der Waals surface area contributed by atoms with Gasteiger partial charge in [0.2, 0.25) is 0 Å². The Kier molecular flexibility index (Phi) is 6.07. The third kappa shape index (κ3) is 4.56. The number of para-hydroxylation sites is 1. The van der Waals surface area contributed by atoms with E-state index in [1.807, 2.05) is 24.3 Å². The van der Waals surface area contributed by atoms with Crippen molar-refractivity contribution in [3.8, 4) is 22.9 Å². The molecule has 1 aliphatic rings. The number of nitrogens with zero attached hydrogens (tertiary/aromatic N) is 3. The Morgan fingerprint density at radius 2 is 1.84 bits per heavy atom. The number of carbonyl (C=O) groups excluding carboxylic acids is 2. The van der Waals surface area contributed by atoms with Gasteiger partial charge in [-0.3, -0.25) is 14.2 Å². The van der Waals surface area contributed by atoms with Crippen molar-refractivity contribution in [2.75, 3.05) is 13.7 Å². The van der Waals surface area contributed by atoms with Crippen molar-refractivity contribution in [1.29, 1.82) is 0 Å². The molecule has 1 heterocycles. The molecule has 166 valence electrons. The van der Waals surface area contributed by atoms with Gasteiger partial charge < -0.3 is 14.8 Å². The summed E-state index contributed by atoms with van der Waals surface area (Å²) in [5.41, 5.74) is 0.873. The highest BCUT2D eigenvalue weighted by Gasteiger charge is 2.30. The number of nitrogens with one attached hydrogen (secondary N) is 1.